The van der Waals surface area contributed by atoms with Crippen molar-refractivity contribution >= 4 is 0 Å². The second kappa shape index (κ2) is 9.03. The molecule has 0 aromatic heterocycles. The molecule has 120 valence electrons. The minimum atomic E-state index is -0.0477. The fraction of sp³-hybridized carbons (Fsp3) is 0.647. The van der Waals surface area contributed by atoms with Gasteiger partial charge < -0.3 is 15.6 Å². The average Bonchev–Trinajstić information content (AvgIpc) is 2.49. The summed E-state index contributed by atoms with van der Waals surface area (Å²) in [6.45, 7) is 7.13. The molecular weight excluding hydrogens is 264 g/mol. The van der Waals surface area contributed by atoms with E-state index in [1.165, 1.54) is 0 Å². The molecule has 0 aliphatic carbocycles. The normalized spacial score (nSPS) is 14.5. The van der Waals surface area contributed by atoms with Crippen LogP contribution in [0.1, 0.15) is 45.2 Å². The van der Waals surface area contributed by atoms with Crippen molar-refractivity contribution in [3.05, 3.63) is 29.8 Å². The lowest BCUT2D eigenvalue weighted by atomic mass is 9.95. The van der Waals surface area contributed by atoms with E-state index in [0.29, 0.717) is 12.6 Å². The van der Waals surface area contributed by atoms with Gasteiger partial charge in [-0.05, 0) is 25.8 Å². The van der Waals surface area contributed by atoms with Crippen LogP contribution in [0.3, 0.4) is 0 Å². The SMILES string of the molecule is CCC(CC)N(CCO)C(c1ccccc1OC)C(C)N. The van der Waals surface area contributed by atoms with Crippen LogP contribution in [0.25, 0.3) is 0 Å². The van der Waals surface area contributed by atoms with Gasteiger partial charge in [0.2, 0.25) is 0 Å². The number of aliphatic hydroxyl groups is 1. The summed E-state index contributed by atoms with van der Waals surface area (Å²) in [5.41, 5.74) is 7.38. The van der Waals surface area contributed by atoms with Crippen LogP contribution in [-0.2, 0) is 0 Å². The maximum Gasteiger partial charge on any atom is 0.123 e. The Hall–Kier alpha value is -1.10. The molecule has 2 unspecified atom stereocenters. The Morgan fingerprint density at radius 3 is 2.33 bits per heavy atom. The van der Waals surface area contributed by atoms with Crippen molar-refractivity contribution in [1.29, 1.82) is 0 Å². The molecule has 0 aliphatic rings. The van der Waals surface area contributed by atoms with Gasteiger partial charge in [0, 0.05) is 24.2 Å². The van der Waals surface area contributed by atoms with E-state index < -0.39 is 0 Å². The number of ether oxygens (including phenoxy) is 1. The Balaban J connectivity index is 3.23. The molecule has 1 aromatic rings. The van der Waals surface area contributed by atoms with Gasteiger partial charge in [0.25, 0.3) is 0 Å². The first-order valence-corrected chi connectivity index (χ1v) is 7.85. The highest BCUT2D eigenvalue weighted by molar-refractivity contribution is 5.36. The number of nitrogens with zero attached hydrogens (tertiary/aromatic N) is 1. The van der Waals surface area contributed by atoms with E-state index in [1.807, 2.05) is 25.1 Å². The Labute approximate surface area is 128 Å². The Bertz CT molecular complexity index is 406. The number of aliphatic hydroxyl groups excluding tert-OH is 1. The third-order valence-corrected chi connectivity index (χ3v) is 4.08. The van der Waals surface area contributed by atoms with Crippen molar-refractivity contribution in [3.8, 4) is 5.75 Å². The first-order chi connectivity index (χ1) is 10.1. The van der Waals surface area contributed by atoms with Crippen LogP contribution in [0.2, 0.25) is 0 Å². The quantitative estimate of drug-likeness (QED) is 0.735. The van der Waals surface area contributed by atoms with Crippen LogP contribution in [0.5, 0.6) is 5.75 Å². The summed E-state index contributed by atoms with van der Waals surface area (Å²) in [4.78, 5) is 2.32. The smallest absolute Gasteiger partial charge is 0.123 e. The number of hydrogen-bond donors (Lipinski definition) is 2. The lowest BCUT2D eigenvalue weighted by Crippen LogP contribution is -2.46. The molecule has 3 N–H and O–H groups in total. The Kier molecular flexibility index (Phi) is 7.72. The molecule has 0 saturated heterocycles. The number of hydrogen-bond acceptors (Lipinski definition) is 4. The minimum Gasteiger partial charge on any atom is -0.496 e. The molecule has 0 saturated carbocycles. The summed E-state index contributed by atoms with van der Waals surface area (Å²) in [6, 6.07) is 8.41. The highest BCUT2D eigenvalue weighted by Crippen LogP contribution is 2.33. The molecule has 0 spiro atoms. The van der Waals surface area contributed by atoms with Crippen LogP contribution in [0.15, 0.2) is 24.3 Å². The Morgan fingerprint density at radius 1 is 1.24 bits per heavy atom. The molecule has 21 heavy (non-hydrogen) atoms. The van der Waals surface area contributed by atoms with Crippen molar-refractivity contribution in [1.82, 2.24) is 4.90 Å². The third-order valence-electron chi connectivity index (χ3n) is 4.08. The molecule has 0 heterocycles. The van der Waals surface area contributed by atoms with Gasteiger partial charge >= 0.3 is 0 Å². The highest BCUT2D eigenvalue weighted by atomic mass is 16.5. The van der Waals surface area contributed by atoms with Gasteiger partial charge in [-0.2, -0.15) is 0 Å². The molecule has 1 aromatic carbocycles. The predicted octanol–water partition coefficient (Wildman–Crippen LogP) is 2.57. The molecule has 0 amide bonds. The van der Waals surface area contributed by atoms with Crippen molar-refractivity contribution < 1.29 is 9.84 Å². The maximum absolute atomic E-state index is 9.47. The first kappa shape index (κ1) is 18.0. The van der Waals surface area contributed by atoms with E-state index in [2.05, 4.69) is 24.8 Å². The number of rotatable bonds is 9. The monoisotopic (exact) mass is 294 g/mol. The van der Waals surface area contributed by atoms with Crippen molar-refractivity contribution in [2.45, 2.75) is 51.7 Å². The molecule has 0 bridgehead atoms. The molecular formula is C17H30N2O2. The number of benzene rings is 1. The van der Waals surface area contributed by atoms with E-state index in [9.17, 15) is 5.11 Å². The van der Waals surface area contributed by atoms with E-state index in [0.717, 1.165) is 24.2 Å². The molecule has 1 rings (SSSR count). The van der Waals surface area contributed by atoms with Crippen LogP contribution < -0.4 is 10.5 Å². The summed E-state index contributed by atoms with van der Waals surface area (Å²) >= 11 is 0. The average molecular weight is 294 g/mol. The second-order valence-electron chi connectivity index (χ2n) is 5.48. The lowest BCUT2D eigenvalue weighted by Gasteiger charge is -2.40. The highest BCUT2D eigenvalue weighted by Gasteiger charge is 2.30. The number of nitrogens with two attached hydrogens (primary N) is 1. The zero-order chi connectivity index (χ0) is 15.8. The first-order valence-electron chi connectivity index (χ1n) is 7.85. The van der Waals surface area contributed by atoms with Crippen LogP contribution >= 0.6 is 0 Å². The van der Waals surface area contributed by atoms with Gasteiger partial charge in [0.1, 0.15) is 5.75 Å². The summed E-state index contributed by atoms with van der Waals surface area (Å²) < 4.78 is 5.51. The number of methoxy groups -OCH3 is 1. The van der Waals surface area contributed by atoms with Crippen molar-refractivity contribution in [3.63, 3.8) is 0 Å². The van der Waals surface area contributed by atoms with Gasteiger partial charge in [-0.1, -0.05) is 32.0 Å². The zero-order valence-corrected chi connectivity index (χ0v) is 13.7. The summed E-state index contributed by atoms with van der Waals surface area (Å²) in [5, 5.41) is 9.47. The van der Waals surface area contributed by atoms with E-state index in [4.69, 9.17) is 10.5 Å². The predicted molar refractivity (Wildman–Crippen MR) is 87.5 cm³/mol. The molecule has 0 radical (unpaired) electrons. The fourth-order valence-corrected chi connectivity index (χ4v) is 3.10. The van der Waals surface area contributed by atoms with Crippen LogP contribution in [0, 0.1) is 0 Å². The molecule has 0 fully saturated rings. The van der Waals surface area contributed by atoms with Gasteiger partial charge in [0.15, 0.2) is 0 Å². The van der Waals surface area contributed by atoms with Gasteiger partial charge in [-0.3, -0.25) is 4.90 Å². The Morgan fingerprint density at radius 2 is 1.86 bits per heavy atom. The van der Waals surface area contributed by atoms with E-state index >= 15 is 0 Å². The summed E-state index contributed by atoms with van der Waals surface area (Å²) in [7, 11) is 1.69. The maximum atomic E-state index is 9.47. The topological polar surface area (TPSA) is 58.7 Å². The van der Waals surface area contributed by atoms with Crippen molar-refractivity contribution in [2.75, 3.05) is 20.3 Å². The molecule has 0 aliphatic heterocycles. The third kappa shape index (κ3) is 4.43. The second-order valence-corrected chi connectivity index (χ2v) is 5.48. The van der Waals surface area contributed by atoms with E-state index in [1.54, 1.807) is 7.11 Å². The van der Waals surface area contributed by atoms with Crippen LogP contribution in [-0.4, -0.2) is 42.4 Å². The van der Waals surface area contributed by atoms with Gasteiger partial charge in [0.05, 0.1) is 19.8 Å². The zero-order valence-electron chi connectivity index (χ0n) is 13.7. The van der Waals surface area contributed by atoms with Gasteiger partial charge in [-0.25, -0.2) is 0 Å². The molecule has 2 atom stereocenters. The van der Waals surface area contributed by atoms with E-state index in [-0.39, 0.29) is 18.7 Å². The summed E-state index contributed by atoms with van der Waals surface area (Å²) in [6.07, 6.45) is 2.07. The fourth-order valence-electron chi connectivity index (χ4n) is 3.10. The van der Waals surface area contributed by atoms with Gasteiger partial charge in [-0.15, -0.1) is 0 Å². The minimum absolute atomic E-state index is 0.0400. The molecule has 4 heteroatoms. The standard InChI is InChI=1S/C17H30N2O2/c1-5-14(6-2)19(11-12-20)17(13(3)18)15-9-7-8-10-16(15)21-4/h7-10,13-14,17,20H,5-6,11-12,18H2,1-4H3. The van der Waals surface area contributed by atoms with Crippen LogP contribution in [0.4, 0.5) is 0 Å². The summed E-state index contributed by atoms with van der Waals surface area (Å²) in [5.74, 6) is 0.855. The van der Waals surface area contributed by atoms with Crippen molar-refractivity contribution in [2.24, 2.45) is 5.73 Å². The number of para-hydroxylation sites is 1. The lowest BCUT2D eigenvalue weighted by molar-refractivity contribution is 0.0838. The largest absolute Gasteiger partial charge is 0.496 e. The molecule has 4 nitrogen and oxygen atoms in total.